The molecule has 1 atom stereocenters. The van der Waals surface area contributed by atoms with Gasteiger partial charge in [0.1, 0.15) is 0 Å². The van der Waals surface area contributed by atoms with Crippen LogP contribution in [0.15, 0.2) is 24.3 Å². The van der Waals surface area contributed by atoms with Gasteiger partial charge in [-0.25, -0.2) is 0 Å². The average molecular weight is 305 g/mol. The lowest BCUT2D eigenvalue weighted by Gasteiger charge is -2.37. The number of benzene rings is 1. The second-order valence-corrected chi connectivity index (χ2v) is 6.10. The molecule has 1 amide bonds. The van der Waals surface area contributed by atoms with Gasteiger partial charge in [-0.3, -0.25) is 14.9 Å². The van der Waals surface area contributed by atoms with Crippen LogP contribution < -0.4 is 0 Å². The number of rotatable bonds is 5. The lowest BCUT2D eigenvalue weighted by atomic mass is 10.0. The predicted molar refractivity (Wildman–Crippen MR) is 84.7 cm³/mol. The molecular formula is C16H23N3O3. The van der Waals surface area contributed by atoms with E-state index in [1.165, 1.54) is 18.6 Å². The number of likely N-dealkylation sites (N-methyl/N-ethyl adjacent to an activating group) is 1. The van der Waals surface area contributed by atoms with E-state index in [1.807, 2.05) is 19.0 Å². The Labute approximate surface area is 130 Å². The van der Waals surface area contributed by atoms with Gasteiger partial charge in [-0.15, -0.1) is 0 Å². The summed E-state index contributed by atoms with van der Waals surface area (Å²) in [6.07, 6.45) is 3.57. The quantitative estimate of drug-likeness (QED) is 0.617. The van der Waals surface area contributed by atoms with Gasteiger partial charge in [-0.1, -0.05) is 12.1 Å². The zero-order valence-corrected chi connectivity index (χ0v) is 13.2. The summed E-state index contributed by atoms with van der Waals surface area (Å²) in [5.74, 6) is 0.111. The summed E-state index contributed by atoms with van der Waals surface area (Å²) in [5.41, 5.74) is 0.879. The van der Waals surface area contributed by atoms with Crippen LogP contribution in [0, 0.1) is 10.1 Å². The summed E-state index contributed by atoms with van der Waals surface area (Å²) in [5, 5.41) is 10.7. The van der Waals surface area contributed by atoms with Crippen molar-refractivity contribution in [3.8, 4) is 0 Å². The van der Waals surface area contributed by atoms with Crippen molar-refractivity contribution >= 4 is 11.6 Å². The largest absolute Gasteiger partial charge is 0.338 e. The number of nitrogens with zero attached hydrogens (tertiary/aromatic N) is 3. The molecule has 1 aliphatic rings. The number of amides is 1. The van der Waals surface area contributed by atoms with E-state index in [0.717, 1.165) is 31.5 Å². The SMILES string of the molecule is CN(C)C[C@@H]1CCCCN1C(=O)Cc1ccc([N+](=O)[O-])cc1. The van der Waals surface area contributed by atoms with Crippen LogP contribution in [0.2, 0.25) is 0 Å². The maximum atomic E-state index is 12.6. The number of nitro groups is 1. The summed E-state index contributed by atoms with van der Waals surface area (Å²) in [6, 6.07) is 6.52. The fourth-order valence-electron chi connectivity index (χ4n) is 2.95. The summed E-state index contributed by atoms with van der Waals surface area (Å²) in [4.78, 5) is 26.9. The fourth-order valence-corrected chi connectivity index (χ4v) is 2.95. The highest BCUT2D eigenvalue weighted by molar-refractivity contribution is 5.79. The van der Waals surface area contributed by atoms with Crippen molar-refractivity contribution in [1.29, 1.82) is 0 Å². The number of hydrogen-bond acceptors (Lipinski definition) is 4. The first kappa shape index (κ1) is 16.4. The lowest BCUT2D eigenvalue weighted by molar-refractivity contribution is -0.384. The summed E-state index contributed by atoms with van der Waals surface area (Å²) < 4.78 is 0. The van der Waals surface area contributed by atoms with Gasteiger partial charge in [0.05, 0.1) is 11.3 Å². The van der Waals surface area contributed by atoms with Crippen LogP contribution in [0.1, 0.15) is 24.8 Å². The van der Waals surface area contributed by atoms with E-state index in [1.54, 1.807) is 12.1 Å². The first-order valence-electron chi connectivity index (χ1n) is 7.65. The Balaban J connectivity index is 2.01. The zero-order chi connectivity index (χ0) is 16.1. The van der Waals surface area contributed by atoms with Crippen LogP contribution in [0.4, 0.5) is 5.69 Å². The van der Waals surface area contributed by atoms with Crippen molar-refractivity contribution in [2.24, 2.45) is 0 Å². The normalized spacial score (nSPS) is 18.5. The molecule has 1 aromatic carbocycles. The Morgan fingerprint density at radius 1 is 1.32 bits per heavy atom. The molecule has 6 heteroatoms. The number of hydrogen-bond donors (Lipinski definition) is 0. The highest BCUT2D eigenvalue weighted by Crippen LogP contribution is 2.20. The maximum Gasteiger partial charge on any atom is 0.269 e. The monoisotopic (exact) mass is 305 g/mol. The molecule has 2 rings (SSSR count). The van der Waals surface area contributed by atoms with E-state index >= 15 is 0 Å². The highest BCUT2D eigenvalue weighted by atomic mass is 16.6. The molecular weight excluding hydrogens is 282 g/mol. The highest BCUT2D eigenvalue weighted by Gasteiger charge is 2.26. The van der Waals surface area contributed by atoms with Crippen LogP contribution in [0.5, 0.6) is 0 Å². The minimum absolute atomic E-state index is 0.0552. The Hall–Kier alpha value is -1.95. The van der Waals surface area contributed by atoms with E-state index in [-0.39, 0.29) is 17.6 Å². The van der Waals surface area contributed by atoms with Crippen LogP contribution in [0.3, 0.4) is 0 Å². The van der Waals surface area contributed by atoms with Gasteiger partial charge in [0.2, 0.25) is 5.91 Å². The fraction of sp³-hybridized carbons (Fsp3) is 0.562. The molecule has 1 aromatic rings. The average Bonchev–Trinajstić information content (AvgIpc) is 2.47. The zero-order valence-electron chi connectivity index (χ0n) is 13.2. The number of carbonyl (C=O) groups excluding carboxylic acids is 1. The third-order valence-electron chi connectivity index (χ3n) is 4.03. The van der Waals surface area contributed by atoms with E-state index in [4.69, 9.17) is 0 Å². The van der Waals surface area contributed by atoms with E-state index in [9.17, 15) is 14.9 Å². The molecule has 0 spiro atoms. The van der Waals surface area contributed by atoms with Crippen LogP contribution in [-0.4, -0.2) is 53.9 Å². The Morgan fingerprint density at radius 3 is 2.59 bits per heavy atom. The number of nitro benzene ring substituents is 1. The van der Waals surface area contributed by atoms with Crippen LogP contribution in [-0.2, 0) is 11.2 Å². The van der Waals surface area contributed by atoms with Gasteiger partial charge >= 0.3 is 0 Å². The van der Waals surface area contributed by atoms with Gasteiger partial charge in [-0.05, 0) is 38.9 Å². The summed E-state index contributed by atoms with van der Waals surface area (Å²) >= 11 is 0. The molecule has 0 aliphatic carbocycles. The second kappa shape index (κ2) is 7.35. The minimum atomic E-state index is -0.427. The molecule has 6 nitrogen and oxygen atoms in total. The molecule has 0 saturated carbocycles. The predicted octanol–water partition coefficient (Wildman–Crippen LogP) is 2.08. The van der Waals surface area contributed by atoms with Gasteiger partial charge in [0, 0.05) is 31.3 Å². The van der Waals surface area contributed by atoms with E-state index in [0.29, 0.717) is 6.42 Å². The molecule has 0 radical (unpaired) electrons. The third-order valence-corrected chi connectivity index (χ3v) is 4.03. The molecule has 1 saturated heterocycles. The number of likely N-dealkylation sites (tertiary alicyclic amines) is 1. The molecule has 0 N–H and O–H groups in total. The van der Waals surface area contributed by atoms with Gasteiger partial charge in [0.25, 0.3) is 5.69 Å². The summed E-state index contributed by atoms with van der Waals surface area (Å²) in [7, 11) is 4.04. The van der Waals surface area contributed by atoms with Crippen molar-refractivity contribution in [2.75, 3.05) is 27.2 Å². The first-order valence-corrected chi connectivity index (χ1v) is 7.65. The van der Waals surface area contributed by atoms with Gasteiger partial charge < -0.3 is 9.80 Å². The number of piperidine rings is 1. The van der Waals surface area contributed by atoms with Crippen molar-refractivity contribution in [3.63, 3.8) is 0 Å². The third kappa shape index (κ3) is 4.27. The van der Waals surface area contributed by atoms with Gasteiger partial charge in [-0.2, -0.15) is 0 Å². The summed E-state index contributed by atoms with van der Waals surface area (Å²) in [6.45, 7) is 1.69. The minimum Gasteiger partial charge on any atom is -0.338 e. The first-order chi connectivity index (χ1) is 10.5. The molecule has 1 heterocycles. The lowest BCUT2D eigenvalue weighted by Crippen LogP contribution is -2.48. The molecule has 0 bridgehead atoms. The Kier molecular flexibility index (Phi) is 5.49. The Bertz CT molecular complexity index is 528. The molecule has 120 valence electrons. The molecule has 1 fully saturated rings. The van der Waals surface area contributed by atoms with E-state index < -0.39 is 4.92 Å². The molecule has 0 aromatic heterocycles. The van der Waals surface area contributed by atoms with Crippen LogP contribution in [0.25, 0.3) is 0 Å². The van der Waals surface area contributed by atoms with Crippen molar-refractivity contribution in [2.45, 2.75) is 31.7 Å². The van der Waals surface area contributed by atoms with Crippen LogP contribution >= 0.6 is 0 Å². The standard InChI is InChI=1S/C16H23N3O3/c1-17(2)12-15-5-3-4-10-18(15)16(20)11-13-6-8-14(9-7-13)19(21)22/h6-9,15H,3-5,10-12H2,1-2H3/t15-/m0/s1. The Morgan fingerprint density at radius 2 is 2.00 bits per heavy atom. The molecule has 22 heavy (non-hydrogen) atoms. The molecule has 1 aliphatic heterocycles. The topological polar surface area (TPSA) is 66.7 Å². The maximum absolute atomic E-state index is 12.6. The molecule has 0 unspecified atom stereocenters. The number of non-ortho nitro benzene ring substituents is 1. The van der Waals surface area contributed by atoms with Crippen molar-refractivity contribution in [1.82, 2.24) is 9.80 Å². The second-order valence-electron chi connectivity index (χ2n) is 6.10. The van der Waals surface area contributed by atoms with E-state index in [2.05, 4.69) is 4.90 Å². The van der Waals surface area contributed by atoms with Crippen molar-refractivity contribution in [3.05, 3.63) is 39.9 Å². The van der Waals surface area contributed by atoms with Crippen molar-refractivity contribution < 1.29 is 9.72 Å². The number of carbonyl (C=O) groups is 1. The van der Waals surface area contributed by atoms with Gasteiger partial charge in [0.15, 0.2) is 0 Å². The smallest absolute Gasteiger partial charge is 0.269 e.